The summed E-state index contributed by atoms with van der Waals surface area (Å²) in [5.74, 6) is 0.707. The average molecular weight is 213 g/mol. The van der Waals surface area contributed by atoms with Gasteiger partial charge in [0.25, 0.3) is 0 Å². The number of ether oxygens (including phenoxy) is 1. The van der Waals surface area contributed by atoms with Crippen molar-refractivity contribution >= 4 is 5.71 Å². The van der Waals surface area contributed by atoms with E-state index in [1.807, 2.05) is 0 Å². The number of nitrogens with zero attached hydrogens (tertiary/aromatic N) is 1. The summed E-state index contributed by atoms with van der Waals surface area (Å²) >= 11 is 0. The van der Waals surface area contributed by atoms with Gasteiger partial charge in [0.15, 0.2) is 0 Å². The highest BCUT2D eigenvalue weighted by Crippen LogP contribution is 2.37. The van der Waals surface area contributed by atoms with Crippen molar-refractivity contribution in [1.82, 2.24) is 0 Å². The Labute approximate surface area is 92.8 Å². The van der Waals surface area contributed by atoms with E-state index in [9.17, 15) is 0 Å². The third-order valence-corrected chi connectivity index (χ3v) is 3.34. The van der Waals surface area contributed by atoms with E-state index in [0.29, 0.717) is 11.3 Å². The molecule has 0 aromatic rings. The van der Waals surface area contributed by atoms with Crippen LogP contribution in [0.15, 0.2) is 5.16 Å². The van der Waals surface area contributed by atoms with Gasteiger partial charge in [-0.15, -0.1) is 0 Å². The van der Waals surface area contributed by atoms with Crippen LogP contribution < -0.4 is 0 Å². The van der Waals surface area contributed by atoms with Crippen molar-refractivity contribution in [1.29, 1.82) is 0 Å². The van der Waals surface area contributed by atoms with Crippen LogP contribution in [0.1, 0.15) is 40.0 Å². The molecule has 0 aliphatic heterocycles. The normalized spacial score (nSPS) is 30.6. The Morgan fingerprint density at radius 2 is 1.93 bits per heavy atom. The van der Waals surface area contributed by atoms with Crippen LogP contribution in [-0.4, -0.2) is 26.0 Å². The summed E-state index contributed by atoms with van der Waals surface area (Å²) in [6.07, 6.45) is 3.38. The molecule has 1 fully saturated rings. The van der Waals surface area contributed by atoms with Crippen LogP contribution in [0, 0.1) is 11.3 Å². The lowest BCUT2D eigenvalue weighted by Gasteiger charge is -2.37. The van der Waals surface area contributed by atoms with Crippen LogP contribution >= 0.6 is 0 Å². The first kappa shape index (κ1) is 12.5. The molecule has 0 aromatic heterocycles. The van der Waals surface area contributed by atoms with E-state index in [2.05, 4.69) is 25.9 Å². The molecule has 0 radical (unpaired) electrons. The zero-order valence-corrected chi connectivity index (χ0v) is 10.5. The molecule has 15 heavy (non-hydrogen) atoms. The quantitative estimate of drug-likeness (QED) is 0.660. The zero-order chi connectivity index (χ0) is 11.5. The Bertz CT molecular complexity index is 230. The minimum atomic E-state index is 0.142. The van der Waals surface area contributed by atoms with E-state index >= 15 is 0 Å². The maximum atomic E-state index is 5.47. The van der Waals surface area contributed by atoms with Crippen LogP contribution in [0.25, 0.3) is 0 Å². The summed E-state index contributed by atoms with van der Waals surface area (Å²) in [7, 11) is 3.34. The Morgan fingerprint density at radius 1 is 1.27 bits per heavy atom. The summed E-state index contributed by atoms with van der Waals surface area (Å²) < 4.78 is 5.47. The summed E-state index contributed by atoms with van der Waals surface area (Å²) in [4.78, 5) is 4.84. The van der Waals surface area contributed by atoms with Crippen molar-refractivity contribution < 1.29 is 9.57 Å². The number of methoxy groups -OCH3 is 1. The first-order valence-corrected chi connectivity index (χ1v) is 5.61. The van der Waals surface area contributed by atoms with Crippen molar-refractivity contribution in [2.24, 2.45) is 16.5 Å². The van der Waals surface area contributed by atoms with Crippen molar-refractivity contribution in [3.8, 4) is 0 Å². The van der Waals surface area contributed by atoms with Gasteiger partial charge in [-0.1, -0.05) is 25.9 Å². The van der Waals surface area contributed by atoms with Gasteiger partial charge in [-0.2, -0.15) is 0 Å². The number of hydrogen-bond acceptors (Lipinski definition) is 3. The highest BCUT2D eigenvalue weighted by molar-refractivity contribution is 5.89. The predicted molar refractivity (Wildman–Crippen MR) is 62.0 cm³/mol. The highest BCUT2D eigenvalue weighted by Gasteiger charge is 2.34. The SMILES string of the molecule is CO/N=C1\CC[C@H](C(C)(C)C)C[C@H]1OC. The molecule has 0 heterocycles. The molecule has 1 rings (SSSR count). The second-order valence-electron chi connectivity index (χ2n) is 5.33. The van der Waals surface area contributed by atoms with Crippen LogP contribution in [0.3, 0.4) is 0 Å². The zero-order valence-electron chi connectivity index (χ0n) is 10.5. The first-order valence-electron chi connectivity index (χ1n) is 5.61. The number of oxime groups is 1. The number of rotatable bonds is 2. The summed E-state index contributed by atoms with van der Waals surface area (Å²) in [5, 5.41) is 4.04. The smallest absolute Gasteiger partial charge is 0.106 e. The van der Waals surface area contributed by atoms with E-state index in [-0.39, 0.29) is 6.10 Å². The van der Waals surface area contributed by atoms with Crippen molar-refractivity contribution in [2.75, 3.05) is 14.2 Å². The minimum Gasteiger partial charge on any atom is -0.399 e. The molecule has 0 unspecified atom stereocenters. The van der Waals surface area contributed by atoms with Crippen molar-refractivity contribution in [3.05, 3.63) is 0 Å². The van der Waals surface area contributed by atoms with E-state index < -0.39 is 0 Å². The molecule has 0 bridgehead atoms. The lowest BCUT2D eigenvalue weighted by atomic mass is 9.71. The maximum absolute atomic E-state index is 5.47. The molecular formula is C12H23NO2. The third-order valence-electron chi connectivity index (χ3n) is 3.34. The Kier molecular flexibility index (Phi) is 4.14. The number of hydrogen-bond donors (Lipinski definition) is 0. The molecule has 2 atom stereocenters. The van der Waals surface area contributed by atoms with Gasteiger partial charge in [-0.25, -0.2) is 0 Å². The third kappa shape index (κ3) is 3.20. The van der Waals surface area contributed by atoms with E-state index in [1.54, 1.807) is 14.2 Å². The molecular weight excluding hydrogens is 190 g/mol. The molecule has 3 heteroatoms. The summed E-state index contributed by atoms with van der Waals surface area (Å²) in [6.45, 7) is 6.88. The van der Waals surface area contributed by atoms with Gasteiger partial charge in [0.05, 0.1) is 11.8 Å². The molecule has 0 N–H and O–H groups in total. The molecule has 88 valence electrons. The molecule has 1 saturated carbocycles. The van der Waals surface area contributed by atoms with Crippen LogP contribution in [-0.2, 0) is 9.57 Å². The van der Waals surface area contributed by atoms with Gasteiger partial charge in [-0.05, 0) is 30.6 Å². The second kappa shape index (κ2) is 4.97. The predicted octanol–water partition coefficient (Wildman–Crippen LogP) is 2.85. The lowest BCUT2D eigenvalue weighted by molar-refractivity contribution is 0.0781. The lowest BCUT2D eigenvalue weighted by Crippen LogP contribution is -2.36. The van der Waals surface area contributed by atoms with Gasteiger partial charge in [-0.3, -0.25) is 0 Å². The van der Waals surface area contributed by atoms with Gasteiger partial charge in [0.1, 0.15) is 7.11 Å². The molecule has 1 aliphatic carbocycles. The summed E-state index contributed by atoms with van der Waals surface area (Å²) in [5.41, 5.74) is 1.41. The summed E-state index contributed by atoms with van der Waals surface area (Å²) in [6, 6.07) is 0. The average Bonchev–Trinajstić information content (AvgIpc) is 2.17. The maximum Gasteiger partial charge on any atom is 0.106 e. The van der Waals surface area contributed by atoms with E-state index in [0.717, 1.165) is 18.6 Å². The Hall–Kier alpha value is -0.570. The molecule has 0 aromatic carbocycles. The molecule has 0 spiro atoms. The molecule has 0 saturated heterocycles. The van der Waals surface area contributed by atoms with Crippen molar-refractivity contribution in [2.45, 2.75) is 46.1 Å². The fraction of sp³-hybridized carbons (Fsp3) is 0.917. The standard InChI is InChI=1S/C12H23NO2/c1-12(2,3)9-6-7-10(13-15-5)11(8-9)14-4/h9,11H,6-8H2,1-5H3/b13-10+/t9-,11+/m0/s1. The molecule has 1 aliphatic rings. The molecule has 0 amide bonds. The monoisotopic (exact) mass is 213 g/mol. The molecule has 3 nitrogen and oxygen atoms in total. The van der Waals surface area contributed by atoms with E-state index in [4.69, 9.17) is 9.57 Å². The van der Waals surface area contributed by atoms with Gasteiger partial charge >= 0.3 is 0 Å². The minimum absolute atomic E-state index is 0.142. The Morgan fingerprint density at radius 3 is 2.40 bits per heavy atom. The van der Waals surface area contributed by atoms with Gasteiger partial charge in [0.2, 0.25) is 0 Å². The van der Waals surface area contributed by atoms with Gasteiger partial charge < -0.3 is 9.57 Å². The first-order chi connectivity index (χ1) is 6.99. The highest BCUT2D eigenvalue weighted by atomic mass is 16.6. The van der Waals surface area contributed by atoms with Crippen molar-refractivity contribution in [3.63, 3.8) is 0 Å². The second-order valence-corrected chi connectivity index (χ2v) is 5.33. The van der Waals surface area contributed by atoms with Crippen LogP contribution in [0.4, 0.5) is 0 Å². The van der Waals surface area contributed by atoms with Crippen LogP contribution in [0.2, 0.25) is 0 Å². The fourth-order valence-electron chi connectivity index (χ4n) is 2.24. The largest absolute Gasteiger partial charge is 0.399 e. The van der Waals surface area contributed by atoms with Gasteiger partial charge in [0, 0.05) is 7.11 Å². The topological polar surface area (TPSA) is 30.8 Å². The fourth-order valence-corrected chi connectivity index (χ4v) is 2.24. The van der Waals surface area contributed by atoms with E-state index in [1.165, 1.54) is 6.42 Å². The Balaban J connectivity index is 2.67. The van der Waals surface area contributed by atoms with Crippen LogP contribution in [0.5, 0.6) is 0 Å².